The molecule has 8 heteroatoms. The van der Waals surface area contributed by atoms with Crippen LogP contribution in [0.4, 0.5) is 5.82 Å². The number of halogens is 1. The van der Waals surface area contributed by atoms with Gasteiger partial charge in [-0.15, -0.1) is 10.2 Å². The van der Waals surface area contributed by atoms with Crippen molar-refractivity contribution in [1.29, 1.82) is 0 Å². The molecule has 3 aromatic rings. The molecule has 1 aliphatic rings. The van der Waals surface area contributed by atoms with Crippen molar-refractivity contribution in [2.45, 2.75) is 6.92 Å². The fourth-order valence-corrected chi connectivity index (χ4v) is 3.34. The molecule has 27 heavy (non-hydrogen) atoms. The summed E-state index contributed by atoms with van der Waals surface area (Å²) in [5.41, 5.74) is 1.41. The Balaban J connectivity index is 1.49. The van der Waals surface area contributed by atoms with Crippen molar-refractivity contribution in [1.82, 2.24) is 20.1 Å². The zero-order valence-electron chi connectivity index (χ0n) is 14.8. The average molecular weight is 384 g/mol. The summed E-state index contributed by atoms with van der Waals surface area (Å²) in [5.74, 6) is 1.74. The van der Waals surface area contributed by atoms with Crippen LogP contribution >= 0.6 is 11.6 Å². The molecule has 7 nitrogen and oxygen atoms in total. The Hall–Kier alpha value is -2.93. The molecule has 0 atom stereocenters. The SMILES string of the molecule is Cc1nnc(-c2cccnc2N2CCN(C(=O)c3cccc(Cl)c3)CC2)o1. The van der Waals surface area contributed by atoms with Crippen molar-refractivity contribution < 1.29 is 9.21 Å². The molecular formula is C19H18ClN5O2. The van der Waals surface area contributed by atoms with Gasteiger partial charge in [-0.3, -0.25) is 4.79 Å². The lowest BCUT2D eigenvalue weighted by Crippen LogP contribution is -2.49. The maximum absolute atomic E-state index is 12.7. The van der Waals surface area contributed by atoms with E-state index in [1.54, 1.807) is 37.4 Å². The fraction of sp³-hybridized carbons (Fsp3) is 0.263. The van der Waals surface area contributed by atoms with Crippen molar-refractivity contribution in [3.63, 3.8) is 0 Å². The zero-order chi connectivity index (χ0) is 18.8. The van der Waals surface area contributed by atoms with Crippen LogP contribution in [-0.2, 0) is 0 Å². The Morgan fingerprint density at radius 3 is 2.63 bits per heavy atom. The molecule has 4 rings (SSSR count). The van der Waals surface area contributed by atoms with Gasteiger partial charge in [0.15, 0.2) is 0 Å². The minimum Gasteiger partial charge on any atom is -0.421 e. The molecule has 1 saturated heterocycles. The lowest BCUT2D eigenvalue weighted by molar-refractivity contribution is 0.0746. The number of amides is 1. The number of aryl methyl sites for hydroxylation is 1. The molecule has 0 radical (unpaired) electrons. The predicted octanol–water partition coefficient (Wildman–Crippen LogP) is 3.06. The minimum absolute atomic E-state index is 0.00841. The Bertz CT molecular complexity index is 966. The summed E-state index contributed by atoms with van der Waals surface area (Å²) in [5, 5.41) is 8.56. The van der Waals surface area contributed by atoms with Crippen LogP contribution in [0.15, 0.2) is 47.0 Å². The Labute approximate surface area is 161 Å². The van der Waals surface area contributed by atoms with Gasteiger partial charge in [0.25, 0.3) is 11.8 Å². The number of piperazine rings is 1. The first kappa shape index (κ1) is 17.5. The van der Waals surface area contributed by atoms with Crippen LogP contribution in [0.2, 0.25) is 5.02 Å². The first-order chi connectivity index (χ1) is 13.1. The molecule has 0 N–H and O–H groups in total. The zero-order valence-corrected chi connectivity index (χ0v) is 15.6. The summed E-state index contributed by atoms with van der Waals surface area (Å²) in [6, 6.07) is 10.8. The first-order valence-electron chi connectivity index (χ1n) is 8.67. The standard InChI is InChI=1S/C19H18ClN5O2/c1-13-22-23-18(27-13)16-6-3-7-21-17(16)24-8-10-25(11-9-24)19(26)14-4-2-5-15(20)12-14/h2-7,12H,8-11H2,1H3. The van der Waals surface area contributed by atoms with Crippen molar-refractivity contribution in [2.24, 2.45) is 0 Å². The Morgan fingerprint density at radius 2 is 1.93 bits per heavy atom. The Kier molecular flexibility index (Phi) is 4.77. The number of hydrogen-bond donors (Lipinski definition) is 0. The molecule has 2 aromatic heterocycles. The maximum atomic E-state index is 12.7. The van der Waals surface area contributed by atoms with E-state index in [0.717, 1.165) is 11.4 Å². The number of hydrogen-bond acceptors (Lipinski definition) is 6. The minimum atomic E-state index is -0.00841. The van der Waals surface area contributed by atoms with E-state index in [-0.39, 0.29) is 5.91 Å². The largest absolute Gasteiger partial charge is 0.421 e. The molecule has 1 fully saturated rings. The van der Waals surface area contributed by atoms with Gasteiger partial charge in [0.05, 0.1) is 5.56 Å². The summed E-state index contributed by atoms with van der Waals surface area (Å²) >= 11 is 6.00. The molecule has 138 valence electrons. The summed E-state index contributed by atoms with van der Waals surface area (Å²) in [4.78, 5) is 21.2. The summed E-state index contributed by atoms with van der Waals surface area (Å²) < 4.78 is 5.56. The van der Waals surface area contributed by atoms with E-state index >= 15 is 0 Å². The number of anilines is 1. The Morgan fingerprint density at radius 1 is 1.11 bits per heavy atom. The third kappa shape index (κ3) is 3.64. The van der Waals surface area contributed by atoms with E-state index in [1.807, 2.05) is 17.0 Å². The van der Waals surface area contributed by atoms with Crippen LogP contribution < -0.4 is 4.90 Å². The molecule has 1 aliphatic heterocycles. The molecule has 0 bridgehead atoms. The number of rotatable bonds is 3. The van der Waals surface area contributed by atoms with Crippen LogP contribution in [0.3, 0.4) is 0 Å². The highest BCUT2D eigenvalue weighted by atomic mass is 35.5. The molecule has 0 aliphatic carbocycles. The smallest absolute Gasteiger partial charge is 0.254 e. The normalized spacial score (nSPS) is 14.4. The lowest BCUT2D eigenvalue weighted by atomic mass is 10.1. The third-order valence-electron chi connectivity index (χ3n) is 4.48. The van der Waals surface area contributed by atoms with Gasteiger partial charge >= 0.3 is 0 Å². The topological polar surface area (TPSA) is 75.4 Å². The van der Waals surface area contributed by atoms with E-state index in [1.165, 1.54) is 0 Å². The van der Waals surface area contributed by atoms with E-state index in [4.69, 9.17) is 16.0 Å². The number of aromatic nitrogens is 3. The second-order valence-corrected chi connectivity index (χ2v) is 6.73. The molecule has 0 unspecified atom stereocenters. The van der Waals surface area contributed by atoms with Crippen LogP contribution in [-0.4, -0.2) is 52.2 Å². The van der Waals surface area contributed by atoms with Gasteiger partial charge in [-0.25, -0.2) is 4.98 Å². The van der Waals surface area contributed by atoms with Gasteiger partial charge in [0.2, 0.25) is 5.89 Å². The second-order valence-electron chi connectivity index (χ2n) is 6.29. The van der Waals surface area contributed by atoms with E-state index in [2.05, 4.69) is 20.1 Å². The summed E-state index contributed by atoms with van der Waals surface area (Å²) in [6.45, 7) is 4.30. The number of benzene rings is 1. The van der Waals surface area contributed by atoms with Crippen molar-refractivity contribution >= 4 is 23.3 Å². The molecule has 1 amide bonds. The van der Waals surface area contributed by atoms with Crippen LogP contribution in [0.25, 0.3) is 11.5 Å². The number of nitrogens with zero attached hydrogens (tertiary/aromatic N) is 5. The molecular weight excluding hydrogens is 366 g/mol. The molecule has 0 spiro atoms. The van der Waals surface area contributed by atoms with Crippen molar-refractivity contribution in [3.8, 4) is 11.5 Å². The highest BCUT2D eigenvalue weighted by molar-refractivity contribution is 6.30. The van der Waals surface area contributed by atoms with Gasteiger partial charge in [0.1, 0.15) is 5.82 Å². The highest BCUT2D eigenvalue weighted by Crippen LogP contribution is 2.28. The number of carbonyl (C=O) groups excluding carboxylic acids is 1. The molecule has 3 heterocycles. The maximum Gasteiger partial charge on any atom is 0.254 e. The predicted molar refractivity (Wildman–Crippen MR) is 102 cm³/mol. The monoisotopic (exact) mass is 383 g/mol. The number of carbonyl (C=O) groups is 1. The van der Waals surface area contributed by atoms with Crippen LogP contribution in [0.1, 0.15) is 16.2 Å². The van der Waals surface area contributed by atoms with Gasteiger partial charge in [-0.05, 0) is 30.3 Å². The van der Waals surface area contributed by atoms with Crippen molar-refractivity contribution in [2.75, 3.05) is 31.1 Å². The number of pyridine rings is 1. The first-order valence-corrected chi connectivity index (χ1v) is 9.05. The fourth-order valence-electron chi connectivity index (χ4n) is 3.15. The van der Waals surface area contributed by atoms with E-state index < -0.39 is 0 Å². The quantitative estimate of drug-likeness (QED) is 0.692. The molecule has 0 saturated carbocycles. The van der Waals surface area contributed by atoms with Gasteiger partial charge in [-0.2, -0.15) is 0 Å². The van der Waals surface area contributed by atoms with Gasteiger partial charge in [0, 0.05) is 49.9 Å². The summed E-state index contributed by atoms with van der Waals surface area (Å²) in [6.07, 6.45) is 1.74. The second kappa shape index (κ2) is 7.36. The summed E-state index contributed by atoms with van der Waals surface area (Å²) in [7, 11) is 0. The molecule has 1 aromatic carbocycles. The van der Waals surface area contributed by atoms with Gasteiger partial charge < -0.3 is 14.2 Å². The lowest BCUT2D eigenvalue weighted by Gasteiger charge is -2.36. The third-order valence-corrected chi connectivity index (χ3v) is 4.72. The highest BCUT2D eigenvalue weighted by Gasteiger charge is 2.25. The van der Waals surface area contributed by atoms with Gasteiger partial charge in [-0.1, -0.05) is 17.7 Å². The van der Waals surface area contributed by atoms with Crippen LogP contribution in [0.5, 0.6) is 0 Å². The average Bonchev–Trinajstić information content (AvgIpc) is 3.14. The van der Waals surface area contributed by atoms with E-state index in [9.17, 15) is 4.79 Å². The van der Waals surface area contributed by atoms with Crippen LogP contribution in [0, 0.1) is 6.92 Å². The van der Waals surface area contributed by atoms with E-state index in [0.29, 0.717) is 48.5 Å². The van der Waals surface area contributed by atoms with Crippen molar-refractivity contribution in [3.05, 3.63) is 59.1 Å².